The maximum absolute atomic E-state index is 12.2. The lowest BCUT2D eigenvalue weighted by Gasteiger charge is -2.32. The lowest BCUT2D eigenvalue weighted by atomic mass is 9.95. The number of hydrogen-bond donors (Lipinski definition) is 1. The van der Waals surface area contributed by atoms with Gasteiger partial charge in [0.25, 0.3) is 0 Å². The van der Waals surface area contributed by atoms with Crippen molar-refractivity contribution in [3.05, 3.63) is 46.5 Å². The molecule has 20 heavy (non-hydrogen) atoms. The van der Waals surface area contributed by atoms with Crippen LogP contribution in [0.1, 0.15) is 25.5 Å². The first kappa shape index (κ1) is 13.2. The number of nitrogens with zero attached hydrogens (tertiary/aromatic N) is 1. The maximum Gasteiger partial charge on any atom is 0.323 e. The van der Waals surface area contributed by atoms with Crippen molar-refractivity contribution < 1.29 is 9.59 Å². The molecule has 1 aromatic carbocycles. The molecule has 2 aliphatic heterocycles. The van der Waals surface area contributed by atoms with Gasteiger partial charge in [0.15, 0.2) is 5.78 Å². The van der Waals surface area contributed by atoms with Crippen LogP contribution in [0.3, 0.4) is 0 Å². The Morgan fingerprint density at radius 3 is 2.70 bits per heavy atom. The number of ketones is 1. The third-order valence-electron chi connectivity index (χ3n) is 3.54. The molecule has 5 heteroatoms. The van der Waals surface area contributed by atoms with E-state index in [2.05, 4.69) is 12.2 Å². The van der Waals surface area contributed by atoms with Crippen molar-refractivity contribution in [3.63, 3.8) is 0 Å². The number of nitrogens with one attached hydrogen (secondary N) is 1. The van der Waals surface area contributed by atoms with Crippen molar-refractivity contribution >= 4 is 23.6 Å². The van der Waals surface area contributed by atoms with Gasteiger partial charge in [0.05, 0.1) is 16.6 Å². The van der Waals surface area contributed by atoms with Gasteiger partial charge in [-0.3, -0.25) is 9.69 Å². The first-order chi connectivity index (χ1) is 9.58. The number of fused-ring (bicyclic) bond motifs is 1. The molecule has 104 valence electrons. The van der Waals surface area contributed by atoms with Crippen LogP contribution in [0.15, 0.2) is 40.9 Å². The Labute approximate surface area is 122 Å². The first-order valence-corrected chi connectivity index (χ1v) is 7.50. The van der Waals surface area contributed by atoms with Crippen molar-refractivity contribution in [2.75, 3.05) is 6.54 Å². The van der Waals surface area contributed by atoms with Crippen molar-refractivity contribution in [1.82, 2.24) is 10.2 Å². The first-order valence-electron chi connectivity index (χ1n) is 6.62. The van der Waals surface area contributed by atoms with E-state index in [1.165, 1.54) is 0 Å². The number of thioether (sulfide) groups is 1. The van der Waals surface area contributed by atoms with Crippen LogP contribution in [-0.2, 0) is 4.79 Å². The summed E-state index contributed by atoms with van der Waals surface area (Å²) in [4.78, 5) is 26.0. The fourth-order valence-electron chi connectivity index (χ4n) is 2.66. The van der Waals surface area contributed by atoms with Crippen LogP contribution in [0.25, 0.3) is 0 Å². The van der Waals surface area contributed by atoms with Gasteiger partial charge in [-0.05, 0) is 12.5 Å². The number of amides is 2. The fraction of sp³-hybridized carbons (Fsp3) is 0.333. The molecule has 2 heterocycles. The Morgan fingerprint density at radius 1 is 1.35 bits per heavy atom. The number of carbonyl (C=O) groups excluding carboxylic acids is 2. The molecule has 0 radical (unpaired) electrons. The molecule has 0 aromatic heterocycles. The summed E-state index contributed by atoms with van der Waals surface area (Å²) in [6, 6.07) is 9.18. The minimum absolute atomic E-state index is 0.0143. The molecule has 0 saturated carbocycles. The number of rotatable bonds is 2. The molecule has 0 aliphatic carbocycles. The highest BCUT2D eigenvalue weighted by molar-refractivity contribution is 8.04. The van der Waals surface area contributed by atoms with Crippen molar-refractivity contribution in [1.29, 1.82) is 0 Å². The van der Waals surface area contributed by atoms with Crippen molar-refractivity contribution in [3.8, 4) is 0 Å². The second kappa shape index (κ2) is 4.98. The average molecular weight is 288 g/mol. The van der Waals surface area contributed by atoms with Gasteiger partial charge in [-0.2, -0.15) is 0 Å². The van der Waals surface area contributed by atoms with Gasteiger partial charge in [-0.25, -0.2) is 4.79 Å². The standard InChI is InChI=1S/C15H16N2O2S/c1-9-8-17-14(20-9)12(10(2)18)13(16-15(17)19)11-6-4-3-5-7-11/h3-7,9,13H,8H2,1-2H3,(H,16,19). The normalized spacial score (nSPS) is 25.5. The molecule has 1 saturated heterocycles. The number of hydrogen-bond acceptors (Lipinski definition) is 3. The number of Topliss-reactive ketones (excluding diaryl/α,β-unsaturated/α-hetero) is 1. The molecule has 2 atom stereocenters. The molecular weight excluding hydrogens is 272 g/mol. The quantitative estimate of drug-likeness (QED) is 0.910. The molecule has 1 aromatic rings. The van der Waals surface area contributed by atoms with E-state index in [9.17, 15) is 9.59 Å². The Hall–Kier alpha value is -1.75. The lowest BCUT2D eigenvalue weighted by Crippen LogP contribution is -2.46. The second-order valence-corrected chi connectivity index (χ2v) is 6.53. The summed E-state index contributed by atoms with van der Waals surface area (Å²) < 4.78 is 0. The van der Waals surface area contributed by atoms with Crippen LogP contribution in [0.4, 0.5) is 4.79 Å². The summed E-state index contributed by atoms with van der Waals surface area (Å²) in [5.74, 6) is 0.0143. The second-order valence-electron chi connectivity index (χ2n) is 5.11. The Kier molecular flexibility index (Phi) is 3.30. The molecule has 0 bridgehead atoms. The molecule has 4 nitrogen and oxygen atoms in total. The third kappa shape index (κ3) is 2.12. The average Bonchev–Trinajstić information content (AvgIpc) is 2.81. The number of carbonyl (C=O) groups is 2. The lowest BCUT2D eigenvalue weighted by molar-refractivity contribution is -0.114. The zero-order valence-electron chi connectivity index (χ0n) is 11.4. The van der Waals surface area contributed by atoms with Gasteiger partial charge in [-0.15, -0.1) is 11.8 Å². The molecule has 2 unspecified atom stereocenters. The van der Waals surface area contributed by atoms with Gasteiger partial charge in [-0.1, -0.05) is 37.3 Å². The highest BCUT2D eigenvalue weighted by atomic mass is 32.2. The van der Waals surface area contributed by atoms with Crippen molar-refractivity contribution in [2.24, 2.45) is 0 Å². The van der Waals surface area contributed by atoms with Crippen LogP contribution < -0.4 is 5.32 Å². The van der Waals surface area contributed by atoms with E-state index in [0.717, 1.165) is 10.6 Å². The largest absolute Gasteiger partial charge is 0.327 e. The Bertz CT molecular complexity index is 597. The topological polar surface area (TPSA) is 49.4 Å². The zero-order chi connectivity index (χ0) is 14.3. The molecule has 0 spiro atoms. The van der Waals surface area contributed by atoms with Crippen LogP contribution >= 0.6 is 11.8 Å². The monoisotopic (exact) mass is 288 g/mol. The summed E-state index contributed by atoms with van der Waals surface area (Å²) in [6.07, 6.45) is 0. The minimum atomic E-state index is -0.342. The van der Waals surface area contributed by atoms with Crippen molar-refractivity contribution in [2.45, 2.75) is 25.1 Å². The van der Waals surface area contributed by atoms with E-state index < -0.39 is 0 Å². The van der Waals surface area contributed by atoms with Gasteiger partial charge < -0.3 is 5.32 Å². The van der Waals surface area contributed by atoms with E-state index in [1.807, 2.05) is 30.3 Å². The fourth-order valence-corrected chi connectivity index (χ4v) is 3.94. The van der Waals surface area contributed by atoms with E-state index in [-0.39, 0.29) is 17.9 Å². The predicted molar refractivity (Wildman–Crippen MR) is 79.2 cm³/mol. The summed E-state index contributed by atoms with van der Waals surface area (Å²) >= 11 is 1.61. The molecule has 1 N–H and O–H groups in total. The van der Waals surface area contributed by atoms with Crippen LogP contribution in [0.2, 0.25) is 0 Å². The molecule has 1 fully saturated rings. The predicted octanol–water partition coefficient (Wildman–Crippen LogP) is 2.69. The summed E-state index contributed by atoms with van der Waals surface area (Å²) in [7, 11) is 0. The third-order valence-corrected chi connectivity index (χ3v) is 4.76. The highest BCUT2D eigenvalue weighted by Gasteiger charge is 2.40. The minimum Gasteiger partial charge on any atom is -0.327 e. The summed E-state index contributed by atoms with van der Waals surface area (Å²) in [6.45, 7) is 4.29. The Balaban J connectivity index is 2.11. The smallest absolute Gasteiger partial charge is 0.323 e. The van der Waals surface area contributed by atoms with Gasteiger partial charge in [0, 0.05) is 11.8 Å². The zero-order valence-corrected chi connectivity index (χ0v) is 12.2. The van der Waals surface area contributed by atoms with E-state index in [1.54, 1.807) is 23.6 Å². The SMILES string of the molecule is CC(=O)C1=C2SC(C)CN2C(=O)NC1c1ccccc1. The summed E-state index contributed by atoms with van der Waals surface area (Å²) in [5, 5.41) is 4.09. The molecule has 2 amide bonds. The van der Waals surface area contributed by atoms with E-state index in [0.29, 0.717) is 17.4 Å². The van der Waals surface area contributed by atoms with Crippen LogP contribution in [0, 0.1) is 0 Å². The maximum atomic E-state index is 12.2. The number of urea groups is 1. The van der Waals surface area contributed by atoms with Gasteiger partial charge in [0.1, 0.15) is 0 Å². The Morgan fingerprint density at radius 2 is 2.05 bits per heavy atom. The van der Waals surface area contributed by atoms with E-state index >= 15 is 0 Å². The van der Waals surface area contributed by atoms with Crippen LogP contribution in [0.5, 0.6) is 0 Å². The van der Waals surface area contributed by atoms with E-state index in [4.69, 9.17) is 0 Å². The van der Waals surface area contributed by atoms with Gasteiger partial charge in [0.2, 0.25) is 0 Å². The highest BCUT2D eigenvalue weighted by Crippen LogP contribution is 2.42. The van der Waals surface area contributed by atoms with Crippen LogP contribution in [-0.4, -0.2) is 28.5 Å². The molecular formula is C15H16N2O2S. The number of benzene rings is 1. The molecule has 2 aliphatic rings. The summed E-state index contributed by atoms with van der Waals surface area (Å²) in [5.41, 5.74) is 1.64. The molecule has 3 rings (SSSR count). The van der Waals surface area contributed by atoms with Gasteiger partial charge >= 0.3 is 6.03 Å².